The highest BCUT2D eigenvalue weighted by Gasteiger charge is 2.37. The molecule has 0 atom stereocenters. The van der Waals surface area contributed by atoms with Gasteiger partial charge in [-0.1, -0.05) is 30.3 Å². The lowest BCUT2D eigenvalue weighted by Crippen LogP contribution is -2.54. The molecule has 1 aliphatic heterocycles. The molecule has 0 spiro atoms. The van der Waals surface area contributed by atoms with Crippen molar-refractivity contribution in [3.8, 4) is 11.5 Å². The lowest BCUT2D eigenvalue weighted by atomic mass is 10.0. The lowest BCUT2D eigenvalue weighted by Gasteiger charge is -2.27. The van der Waals surface area contributed by atoms with Crippen LogP contribution < -0.4 is 19.1 Å². The van der Waals surface area contributed by atoms with Crippen LogP contribution in [0.3, 0.4) is 0 Å². The first-order valence-electron chi connectivity index (χ1n) is 12.4. The number of amides is 4. The topological polar surface area (TPSA) is 119 Å². The molecule has 40 heavy (non-hydrogen) atoms. The van der Waals surface area contributed by atoms with Crippen molar-refractivity contribution in [3.05, 3.63) is 101 Å². The van der Waals surface area contributed by atoms with Crippen molar-refractivity contribution in [2.75, 3.05) is 11.5 Å². The highest BCUT2D eigenvalue weighted by Crippen LogP contribution is 2.37. The maximum atomic E-state index is 13.4. The number of barbiturate groups is 1. The van der Waals surface area contributed by atoms with Crippen molar-refractivity contribution in [1.82, 2.24) is 5.32 Å². The maximum Gasteiger partial charge on any atom is 0.339 e. The molecule has 0 saturated carbocycles. The summed E-state index contributed by atoms with van der Waals surface area (Å²) < 4.78 is 37.2. The third-order valence-electron chi connectivity index (χ3n) is 6.20. The number of carbonyl (C=O) groups excluding carboxylic acids is 3. The highest BCUT2D eigenvalue weighted by molar-refractivity contribution is 7.87. The second kappa shape index (κ2) is 11.6. The van der Waals surface area contributed by atoms with Crippen LogP contribution in [0, 0.1) is 13.8 Å². The van der Waals surface area contributed by atoms with Crippen LogP contribution in [-0.4, -0.2) is 32.9 Å². The molecule has 1 aliphatic rings. The summed E-state index contributed by atoms with van der Waals surface area (Å²) in [7, 11) is -4.20. The number of benzene rings is 3. The third-order valence-corrected chi connectivity index (χ3v) is 7.44. The molecule has 0 aliphatic carbocycles. The molecule has 1 fully saturated rings. The van der Waals surface area contributed by atoms with Gasteiger partial charge in [-0.2, -0.15) is 8.42 Å². The minimum absolute atomic E-state index is 0.0286. The standard InChI is InChI=1S/C30H28N2O7S/c1-5-10-22-16-21(18-26(38-6-2)27(22)39-40(36,37)24-11-8-7-9-12-24)17-25-28(33)31-30(35)32(29(25)34)23-14-13-19(3)20(4)15-23/h5,7-9,11-18H,1,6,10H2,2-4H3,(H,31,33,35)/b25-17+. The highest BCUT2D eigenvalue weighted by atomic mass is 32.2. The number of aryl methyl sites for hydroxylation is 2. The summed E-state index contributed by atoms with van der Waals surface area (Å²) in [5, 5.41) is 2.21. The Morgan fingerprint density at radius 2 is 1.70 bits per heavy atom. The van der Waals surface area contributed by atoms with Gasteiger partial charge >= 0.3 is 16.1 Å². The van der Waals surface area contributed by atoms with Crippen LogP contribution in [0.5, 0.6) is 11.5 Å². The summed E-state index contributed by atoms with van der Waals surface area (Å²) in [5.41, 5.74) is 2.65. The quantitative estimate of drug-likeness (QED) is 0.172. The van der Waals surface area contributed by atoms with Crippen LogP contribution in [-0.2, 0) is 26.1 Å². The first-order valence-corrected chi connectivity index (χ1v) is 13.9. The van der Waals surface area contributed by atoms with Gasteiger partial charge in [0.2, 0.25) is 0 Å². The number of hydrogen-bond acceptors (Lipinski definition) is 7. The Balaban J connectivity index is 1.79. The molecule has 0 radical (unpaired) electrons. The average molecular weight is 561 g/mol. The van der Waals surface area contributed by atoms with Gasteiger partial charge in [-0.05, 0) is 86.4 Å². The van der Waals surface area contributed by atoms with E-state index in [0.29, 0.717) is 16.8 Å². The number of nitrogens with one attached hydrogen (secondary N) is 1. The first-order chi connectivity index (χ1) is 19.1. The van der Waals surface area contributed by atoms with Crippen LogP contribution >= 0.6 is 0 Å². The molecule has 0 aromatic heterocycles. The van der Waals surface area contributed by atoms with E-state index in [2.05, 4.69) is 11.9 Å². The number of nitrogens with zero attached hydrogens (tertiary/aromatic N) is 1. The Labute approximate surface area is 232 Å². The van der Waals surface area contributed by atoms with Gasteiger partial charge in [-0.3, -0.25) is 14.9 Å². The van der Waals surface area contributed by atoms with Crippen LogP contribution in [0.15, 0.2) is 83.8 Å². The van der Waals surface area contributed by atoms with E-state index < -0.39 is 28.0 Å². The summed E-state index contributed by atoms with van der Waals surface area (Å²) in [6, 6.07) is 15.0. The molecule has 1 heterocycles. The van der Waals surface area contributed by atoms with Gasteiger partial charge < -0.3 is 8.92 Å². The predicted molar refractivity (Wildman–Crippen MR) is 151 cm³/mol. The molecule has 1 saturated heterocycles. The SMILES string of the molecule is C=CCc1cc(/C=C2\C(=O)NC(=O)N(c3ccc(C)c(C)c3)C2=O)cc(OCC)c1OS(=O)(=O)c1ccccc1. The lowest BCUT2D eigenvalue weighted by molar-refractivity contribution is -0.122. The van der Waals surface area contributed by atoms with Gasteiger partial charge in [0.1, 0.15) is 10.5 Å². The molecular weight excluding hydrogens is 532 g/mol. The summed E-state index contributed by atoms with van der Waals surface area (Å²) in [6.45, 7) is 9.40. The number of anilines is 1. The van der Waals surface area contributed by atoms with E-state index in [1.807, 2.05) is 13.8 Å². The van der Waals surface area contributed by atoms with Crippen LogP contribution in [0.25, 0.3) is 6.08 Å². The number of ether oxygens (including phenoxy) is 1. The van der Waals surface area contributed by atoms with Crippen molar-refractivity contribution >= 4 is 39.7 Å². The Kier molecular flexibility index (Phi) is 8.20. The van der Waals surface area contributed by atoms with E-state index in [9.17, 15) is 22.8 Å². The second-order valence-electron chi connectivity index (χ2n) is 9.01. The van der Waals surface area contributed by atoms with E-state index >= 15 is 0 Å². The van der Waals surface area contributed by atoms with E-state index in [1.54, 1.807) is 55.5 Å². The van der Waals surface area contributed by atoms with Crippen molar-refractivity contribution in [2.45, 2.75) is 32.1 Å². The van der Waals surface area contributed by atoms with E-state index in [4.69, 9.17) is 8.92 Å². The van der Waals surface area contributed by atoms with E-state index in [1.165, 1.54) is 24.3 Å². The largest absolute Gasteiger partial charge is 0.490 e. The maximum absolute atomic E-state index is 13.4. The van der Waals surface area contributed by atoms with Crippen LogP contribution in [0.4, 0.5) is 10.5 Å². The van der Waals surface area contributed by atoms with Crippen molar-refractivity contribution < 1.29 is 31.7 Å². The summed E-state index contributed by atoms with van der Waals surface area (Å²) in [5.74, 6) is -1.59. The van der Waals surface area contributed by atoms with Crippen LogP contribution in [0.2, 0.25) is 0 Å². The number of imide groups is 2. The first kappa shape index (κ1) is 28.3. The van der Waals surface area contributed by atoms with Crippen molar-refractivity contribution in [3.63, 3.8) is 0 Å². The van der Waals surface area contributed by atoms with Gasteiger partial charge in [-0.25, -0.2) is 9.69 Å². The minimum atomic E-state index is -4.20. The van der Waals surface area contributed by atoms with Crippen LogP contribution in [0.1, 0.15) is 29.2 Å². The average Bonchev–Trinajstić information content (AvgIpc) is 2.91. The molecule has 10 heteroatoms. The molecule has 3 aromatic carbocycles. The fourth-order valence-electron chi connectivity index (χ4n) is 4.10. The minimum Gasteiger partial charge on any atom is -0.490 e. The Morgan fingerprint density at radius 3 is 2.35 bits per heavy atom. The molecule has 1 N–H and O–H groups in total. The molecule has 9 nitrogen and oxygen atoms in total. The number of carbonyl (C=O) groups is 3. The van der Waals surface area contributed by atoms with Gasteiger partial charge in [0.05, 0.1) is 12.3 Å². The van der Waals surface area contributed by atoms with Gasteiger partial charge in [-0.15, -0.1) is 6.58 Å². The molecular formula is C30H28N2O7S. The third kappa shape index (κ3) is 5.81. The van der Waals surface area contributed by atoms with E-state index in [0.717, 1.165) is 16.0 Å². The molecule has 3 aromatic rings. The summed E-state index contributed by atoms with van der Waals surface area (Å²) in [4.78, 5) is 39.6. The number of allylic oxidation sites excluding steroid dienone is 1. The predicted octanol–water partition coefficient (Wildman–Crippen LogP) is 4.86. The van der Waals surface area contributed by atoms with Gasteiger partial charge in [0, 0.05) is 5.56 Å². The Morgan fingerprint density at radius 1 is 0.975 bits per heavy atom. The van der Waals surface area contributed by atoms with Gasteiger partial charge in [0.15, 0.2) is 11.5 Å². The Bertz CT molecular complexity index is 1640. The fourth-order valence-corrected chi connectivity index (χ4v) is 5.09. The van der Waals surface area contributed by atoms with Crippen molar-refractivity contribution in [2.24, 2.45) is 0 Å². The number of hydrogen-bond donors (Lipinski definition) is 1. The molecule has 0 unspecified atom stereocenters. The molecule has 4 amide bonds. The summed E-state index contributed by atoms with van der Waals surface area (Å²) in [6.07, 6.45) is 3.08. The smallest absolute Gasteiger partial charge is 0.339 e. The number of rotatable bonds is 9. The van der Waals surface area contributed by atoms with Crippen molar-refractivity contribution in [1.29, 1.82) is 0 Å². The Hall–Kier alpha value is -4.70. The molecule has 206 valence electrons. The monoisotopic (exact) mass is 560 g/mol. The zero-order chi connectivity index (χ0) is 29.0. The van der Waals surface area contributed by atoms with Gasteiger partial charge in [0.25, 0.3) is 11.8 Å². The zero-order valence-corrected chi connectivity index (χ0v) is 23.1. The van der Waals surface area contributed by atoms with E-state index in [-0.39, 0.29) is 35.0 Å². The second-order valence-corrected chi connectivity index (χ2v) is 10.6. The fraction of sp³-hybridized carbons (Fsp3) is 0.167. The zero-order valence-electron chi connectivity index (χ0n) is 22.3. The normalized spacial score (nSPS) is 14.7. The number of urea groups is 1. The molecule has 0 bridgehead atoms. The summed E-state index contributed by atoms with van der Waals surface area (Å²) >= 11 is 0. The molecule has 4 rings (SSSR count).